The van der Waals surface area contributed by atoms with Gasteiger partial charge in [-0.25, -0.2) is 9.35 Å². The predicted molar refractivity (Wildman–Crippen MR) is 41.4 cm³/mol. The summed E-state index contributed by atoms with van der Waals surface area (Å²) in [4.78, 5) is 0. The molecule has 0 heterocycles. The van der Waals surface area contributed by atoms with Crippen molar-refractivity contribution < 1.29 is 8.76 Å². The van der Waals surface area contributed by atoms with Gasteiger partial charge in [-0.2, -0.15) is 0 Å². The minimum Gasteiger partial charge on any atom is -0.294 e. The largest absolute Gasteiger partial charge is 0.294 e. The van der Waals surface area contributed by atoms with E-state index in [2.05, 4.69) is 5.14 Å². The molecular weight excluding hydrogens is 150 g/mol. The van der Waals surface area contributed by atoms with Crippen molar-refractivity contribution in [2.24, 2.45) is 5.14 Å². The second-order valence-electron chi connectivity index (χ2n) is 1.43. The average Bonchev–Trinajstić information content (AvgIpc) is 1.90. The molecule has 0 radical (unpaired) electrons. The molecule has 0 spiro atoms. The van der Waals surface area contributed by atoms with Crippen molar-refractivity contribution in [1.29, 1.82) is 0 Å². The van der Waals surface area contributed by atoms with E-state index in [0.717, 1.165) is 0 Å². The van der Waals surface area contributed by atoms with E-state index in [4.69, 9.17) is 8.76 Å². The van der Waals surface area contributed by atoms with E-state index in [1.807, 2.05) is 36.4 Å². The van der Waals surface area contributed by atoms with Gasteiger partial charge in [-0.05, 0) is 0 Å². The van der Waals surface area contributed by atoms with Gasteiger partial charge in [0.25, 0.3) is 0 Å². The third-order valence-electron chi connectivity index (χ3n) is 0.667. The molecule has 0 saturated carbocycles. The van der Waals surface area contributed by atoms with Gasteiger partial charge in [0, 0.05) is 0 Å². The van der Waals surface area contributed by atoms with Gasteiger partial charge in [-0.15, -0.1) is 0 Å². The lowest BCUT2D eigenvalue weighted by molar-refractivity contribution is 0.566. The fourth-order valence-corrected chi connectivity index (χ4v) is 0.385. The van der Waals surface area contributed by atoms with Crippen LogP contribution in [0.4, 0.5) is 0 Å². The zero-order valence-electron chi connectivity index (χ0n) is 5.31. The van der Waals surface area contributed by atoms with Crippen LogP contribution in [-0.4, -0.2) is 8.76 Å². The molecule has 0 saturated heterocycles. The first-order chi connectivity index (χ1) is 4.73. The van der Waals surface area contributed by atoms with Gasteiger partial charge in [0.1, 0.15) is 0 Å². The van der Waals surface area contributed by atoms with Crippen molar-refractivity contribution in [3.63, 3.8) is 0 Å². The van der Waals surface area contributed by atoms with Gasteiger partial charge in [0.05, 0.1) is 0 Å². The first-order valence-corrected chi connectivity index (χ1v) is 3.75. The second-order valence-corrected chi connectivity index (χ2v) is 1.98. The highest BCUT2D eigenvalue weighted by molar-refractivity contribution is 7.76. The Labute approximate surface area is 62.3 Å². The van der Waals surface area contributed by atoms with Crippen LogP contribution in [0.5, 0.6) is 0 Å². The summed E-state index contributed by atoms with van der Waals surface area (Å²) in [6.45, 7) is 0. The minimum atomic E-state index is -2.11. The van der Waals surface area contributed by atoms with E-state index in [1.165, 1.54) is 0 Å². The van der Waals surface area contributed by atoms with Crippen LogP contribution in [-0.2, 0) is 11.3 Å². The Morgan fingerprint density at radius 3 is 1.20 bits per heavy atom. The van der Waals surface area contributed by atoms with Crippen molar-refractivity contribution in [3.05, 3.63) is 36.4 Å². The molecule has 1 atom stereocenters. The molecule has 0 aliphatic heterocycles. The van der Waals surface area contributed by atoms with Crippen LogP contribution >= 0.6 is 0 Å². The van der Waals surface area contributed by atoms with Crippen LogP contribution in [0.3, 0.4) is 0 Å². The monoisotopic (exact) mass is 159 g/mol. The molecule has 1 aromatic rings. The van der Waals surface area contributed by atoms with Crippen molar-refractivity contribution in [2.45, 2.75) is 0 Å². The van der Waals surface area contributed by atoms with Gasteiger partial charge in [-0.1, -0.05) is 36.4 Å². The molecule has 1 unspecified atom stereocenters. The SMILES string of the molecule is NS(=O)O.c1ccccc1. The Kier molecular flexibility index (Phi) is 5.96. The molecule has 0 bridgehead atoms. The molecule has 0 aliphatic rings. The topological polar surface area (TPSA) is 63.3 Å². The summed E-state index contributed by atoms with van der Waals surface area (Å²) in [5, 5.41) is 4.14. The summed E-state index contributed by atoms with van der Waals surface area (Å²) in [5.74, 6) is 0. The lowest BCUT2D eigenvalue weighted by Gasteiger charge is -1.69. The smallest absolute Gasteiger partial charge is 0.228 e. The summed E-state index contributed by atoms with van der Waals surface area (Å²) < 4.78 is 16.2. The van der Waals surface area contributed by atoms with E-state index < -0.39 is 11.3 Å². The van der Waals surface area contributed by atoms with Crippen LogP contribution in [0.1, 0.15) is 0 Å². The number of hydrogen-bond donors (Lipinski definition) is 2. The summed E-state index contributed by atoms with van der Waals surface area (Å²) >= 11 is -2.11. The highest BCUT2D eigenvalue weighted by atomic mass is 32.2. The first kappa shape index (κ1) is 9.29. The fraction of sp³-hybridized carbons (Fsp3) is 0. The van der Waals surface area contributed by atoms with E-state index in [0.29, 0.717) is 0 Å². The first-order valence-electron chi connectivity index (χ1n) is 2.58. The van der Waals surface area contributed by atoms with Crippen LogP contribution in [0.15, 0.2) is 36.4 Å². The van der Waals surface area contributed by atoms with E-state index in [-0.39, 0.29) is 0 Å². The molecule has 0 aliphatic carbocycles. The number of nitrogens with two attached hydrogens (primary N) is 1. The second kappa shape index (κ2) is 6.41. The Bertz CT molecular complexity index is 148. The highest BCUT2D eigenvalue weighted by Gasteiger charge is 1.59. The molecule has 0 aromatic heterocycles. The van der Waals surface area contributed by atoms with E-state index >= 15 is 0 Å². The predicted octanol–water partition coefficient (Wildman–Crippen LogP) is 0.768. The molecule has 0 fully saturated rings. The van der Waals surface area contributed by atoms with Gasteiger partial charge in [0.15, 0.2) is 0 Å². The fourth-order valence-electron chi connectivity index (χ4n) is 0.385. The summed E-state index contributed by atoms with van der Waals surface area (Å²) in [6.07, 6.45) is 0. The zero-order chi connectivity index (χ0) is 7.82. The third kappa shape index (κ3) is 10.3. The van der Waals surface area contributed by atoms with Gasteiger partial charge in [0.2, 0.25) is 11.3 Å². The maximum atomic E-state index is 8.89. The maximum Gasteiger partial charge on any atom is 0.228 e. The molecule has 3 nitrogen and oxygen atoms in total. The lowest BCUT2D eigenvalue weighted by Crippen LogP contribution is -1.96. The normalized spacial score (nSPS) is 11.0. The van der Waals surface area contributed by atoms with E-state index in [1.54, 1.807) is 0 Å². The molecule has 4 heteroatoms. The molecular formula is C6H9NO2S. The Hall–Kier alpha value is -0.710. The average molecular weight is 159 g/mol. The standard InChI is InChI=1S/C6H6.H3NO2S/c1-2-4-6-5-3-1;1-4(2)3/h1-6H;1H2,(H,2,3). The van der Waals surface area contributed by atoms with E-state index in [9.17, 15) is 0 Å². The summed E-state index contributed by atoms with van der Waals surface area (Å²) in [6, 6.07) is 12.0. The van der Waals surface area contributed by atoms with Crippen molar-refractivity contribution >= 4 is 11.3 Å². The maximum absolute atomic E-state index is 8.89. The molecule has 1 rings (SSSR count). The van der Waals surface area contributed by atoms with Crippen LogP contribution in [0, 0.1) is 0 Å². The quantitative estimate of drug-likeness (QED) is 0.549. The molecule has 1 aromatic carbocycles. The van der Waals surface area contributed by atoms with Gasteiger partial charge in [-0.3, -0.25) is 4.55 Å². The molecule has 0 amide bonds. The third-order valence-corrected chi connectivity index (χ3v) is 0.667. The van der Waals surface area contributed by atoms with Crippen LogP contribution < -0.4 is 5.14 Å². The summed E-state index contributed by atoms with van der Waals surface area (Å²) in [5.41, 5.74) is 0. The Morgan fingerprint density at radius 2 is 1.10 bits per heavy atom. The van der Waals surface area contributed by atoms with Crippen molar-refractivity contribution in [2.75, 3.05) is 0 Å². The van der Waals surface area contributed by atoms with Gasteiger partial charge >= 0.3 is 0 Å². The lowest BCUT2D eigenvalue weighted by atomic mass is 10.4. The van der Waals surface area contributed by atoms with Crippen LogP contribution in [0.25, 0.3) is 0 Å². The highest BCUT2D eigenvalue weighted by Crippen LogP contribution is 1.79. The zero-order valence-corrected chi connectivity index (χ0v) is 6.12. The Balaban J connectivity index is 0.000000180. The molecule has 10 heavy (non-hydrogen) atoms. The molecule has 56 valence electrons. The van der Waals surface area contributed by atoms with Crippen molar-refractivity contribution in [1.82, 2.24) is 0 Å². The number of benzene rings is 1. The number of hydrogen-bond acceptors (Lipinski definition) is 1. The van der Waals surface area contributed by atoms with Gasteiger partial charge < -0.3 is 0 Å². The van der Waals surface area contributed by atoms with Crippen molar-refractivity contribution in [3.8, 4) is 0 Å². The summed E-state index contributed by atoms with van der Waals surface area (Å²) in [7, 11) is 0. The molecule has 3 N–H and O–H groups in total. The number of rotatable bonds is 0. The Morgan fingerprint density at radius 1 is 1.00 bits per heavy atom. The minimum absolute atomic E-state index is 2.00. The van der Waals surface area contributed by atoms with Crippen LogP contribution in [0.2, 0.25) is 0 Å².